The van der Waals surface area contributed by atoms with Gasteiger partial charge in [-0.15, -0.1) is 0 Å². The quantitative estimate of drug-likeness (QED) is 0.597. The minimum atomic E-state index is -0.196. The Hall–Kier alpha value is -1.87. The third-order valence-electron chi connectivity index (χ3n) is 5.36. The molecule has 0 saturated carbocycles. The Bertz CT molecular complexity index is 728. The molecule has 27 heavy (non-hydrogen) atoms. The second-order valence-corrected chi connectivity index (χ2v) is 7.01. The molecule has 1 heterocycles. The van der Waals surface area contributed by atoms with Gasteiger partial charge in [0.15, 0.2) is 0 Å². The van der Waals surface area contributed by atoms with Crippen LogP contribution in [0.5, 0.6) is 5.75 Å². The molecule has 1 aliphatic heterocycles. The number of ether oxygens (including phenoxy) is 1. The Morgan fingerprint density at radius 2 is 1.85 bits per heavy atom. The summed E-state index contributed by atoms with van der Waals surface area (Å²) in [5, 5.41) is 0. The Kier molecular flexibility index (Phi) is 8.30. The highest BCUT2D eigenvalue weighted by Gasteiger charge is 2.20. The summed E-state index contributed by atoms with van der Waals surface area (Å²) in [6.07, 6.45) is 4.80. The molecule has 0 bridgehead atoms. The van der Waals surface area contributed by atoms with Crippen LogP contribution in [0.25, 0.3) is 11.1 Å². The molecule has 0 spiro atoms. The smallest absolute Gasteiger partial charge is 0.131 e. The number of hydrogen-bond acceptors (Lipinski definition) is 2. The van der Waals surface area contributed by atoms with E-state index in [9.17, 15) is 4.39 Å². The minimum absolute atomic E-state index is 0.196. The van der Waals surface area contributed by atoms with Crippen LogP contribution < -0.4 is 4.74 Å². The SMILES string of the molecule is CC.CCc1ccc(-c2cc(OC)ccc2F)c(CN2CCCCC2C)c1. The van der Waals surface area contributed by atoms with Crippen molar-refractivity contribution < 1.29 is 9.13 Å². The largest absolute Gasteiger partial charge is 0.497 e. The Morgan fingerprint density at radius 3 is 2.52 bits per heavy atom. The molecule has 1 atom stereocenters. The van der Waals surface area contributed by atoms with E-state index in [2.05, 4.69) is 36.9 Å². The summed E-state index contributed by atoms with van der Waals surface area (Å²) in [5.74, 6) is 0.492. The van der Waals surface area contributed by atoms with Crippen molar-refractivity contribution in [3.63, 3.8) is 0 Å². The predicted molar refractivity (Wildman–Crippen MR) is 113 cm³/mol. The topological polar surface area (TPSA) is 12.5 Å². The van der Waals surface area contributed by atoms with E-state index in [0.717, 1.165) is 25.1 Å². The van der Waals surface area contributed by atoms with Crippen molar-refractivity contribution in [3.05, 3.63) is 53.3 Å². The molecule has 3 rings (SSSR count). The molecular formula is C24H34FNO. The molecule has 1 fully saturated rings. The molecule has 0 amide bonds. The van der Waals surface area contributed by atoms with Gasteiger partial charge in [-0.2, -0.15) is 0 Å². The van der Waals surface area contributed by atoms with E-state index in [1.54, 1.807) is 19.2 Å². The van der Waals surface area contributed by atoms with E-state index in [1.807, 2.05) is 13.8 Å². The third-order valence-corrected chi connectivity index (χ3v) is 5.36. The second kappa shape index (κ2) is 10.5. The highest BCUT2D eigenvalue weighted by Crippen LogP contribution is 2.32. The van der Waals surface area contributed by atoms with Crippen LogP contribution in [0.4, 0.5) is 4.39 Å². The monoisotopic (exact) mass is 371 g/mol. The Morgan fingerprint density at radius 1 is 1.07 bits per heavy atom. The first kappa shape index (κ1) is 21.4. The average Bonchev–Trinajstić information content (AvgIpc) is 2.72. The Balaban J connectivity index is 0.00000126. The van der Waals surface area contributed by atoms with E-state index in [1.165, 1.54) is 36.5 Å². The van der Waals surface area contributed by atoms with E-state index in [4.69, 9.17) is 4.74 Å². The Labute approximate surface area is 164 Å². The van der Waals surface area contributed by atoms with Crippen molar-refractivity contribution in [3.8, 4) is 16.9 Å². The zero-order chi connectivity index (χ0) is 19.8. The first-order valence-corrected chi connectivity index (χ1v) is 10.3. The molecule has 3 heteroatoms. The molecule has 0 aromatic heterocycles. The first-order valence-electron chi connectivity index (χ1n) is 10.3. The number of halogens is 1. The standard InChI is InChI=1S/C22H28FNO.C2H6/c1-4-17-8-10-20(21-14-19(25-3)9-11-22(21)23)18(13-17)15-24-12-6-5-7-16(24)2;1-2/h8-11,13-14,16H,4-7,12,15H2,1-3H3;1-2H3. The van der Waals surface area contributed by atoms with Crippen molar-refractivity contribution in [2.24, 2.45) is 0 Å². The van der Waals surface area contributed by atoms with Gasteiger partial charge in [-0.25, -0.2) is 4.39 Å². The molecule has 148 valence electrons. The summed E-state index contributed by atoms with van der Waals surface area (Å²) in [4.78, 5) is 2.53. The van der Waals surface area contributed by atoms with Gasteiger partial charge in [-0.1, -0.05) is 45.4 Å². The lowest BCUT2D eigenvalue weighted by Gasteiger charge is -2.34. The van der Waals surface area contributed by atoms with Crippen molar-refractivity contribution in [2.45, 2.75) is 66.0 Å². The summed E-state index contributed by atoms with van der Waals surface area (Å²) in [7, 11) is 1.62. The van der Waals surface area contributed by atoms with Gasteiger partial charge in [0.1, 0.15) is 11.6 Å². The lowest BCUT2D eigenvalue weighted by molar-refractivity contribution is 0.153. The van der Waals surface area contributed by atoms with Crippen LogP contribution >= 0.6 is 0 Å². The number of hydrogen-bond donors (Lipinski definition) is 0. The van der Waals surface area contributed by atoms with Gasteiger partial charge in [-0.05, 0) is 67.6 Å². The molecule has 1 aliphatic rings. The van der Waals surface area contributed by atoms with Gasteiger partial charge in [0.2, 0.25) is 0 Å². The van der Waals surface area contributed by atoms with Crippen molar-refractivity contribution in [1.29, 1.82) is 0 Å². The summed E-state index contributed by atoms with van der Waals surface area (Å²) in [6, 6.07) is 12.0. The van der Waals surface area contributed by atoms with Crippen molar-refractivity contribution in [2.75, 3.05) is 13.7 Å². The van der Waals surface area contributed by atoms with Crippen LogP contribution in [0.3, 0.4) is 0 Å². The van der Waals surface area contributed by atoms with Gasteiger partial charge >= 0.3 is 0 Å². The number of methoxy groups -OCH3 is 1. The van der Waals surface area contributed by atoms with E-state index in [0.29, 0.717) is 17.4 Å². The zero-order valence-corrected chi connectivity index (χ0v) is 17.5. The molecule has 0 aliphatic carbocycles. The number of benzene rings is 2. The first-order chi connectivity index (χ1) is 13.1. The summed E-state index contributed by atoms with van der Waals surface area (Å²) >= 11 is 0. The zero-order valence-electron chi connectivity index (χ0n) is 17.5. The molecule has 2 nitrogen and oxygen atoms in total. The highest BCUT2D eigenvalue weighted by molar-refractivity contribution is 5.70. The van der Waals surface area contributed by atoms with Crippen LogP contribution in [0, 0.1) is 5.82 Å². The molecule has 0 N–H and O–H groups in total. The maximum Gasteiger partial charge on any atom is 0.131 e. The molecular weight excluding hydrogens is 337 g/mol. The lowest BCUT2D eigenvalue weighted by Crippen LogP contribution is -2.36. The lowest BCUT2D eigenvalue weighted by atomic mass is 9.94. The molecule has 1 unspecified atom stereocenters. The minimum Gasteiger partial charge on any atom is -0.497 e. The molecule has 2 aromatic rings. The van der Waals surface area contributed by atoms with Gasteiger partial charge in [-0.3, -0.25) is 4.90 Å². The van der Waals surface area contributed by atoms with Gasteiger partial charge in [0.25, 0.3) is 0 Å². The second-order valence-electron chi connectivity index (χ2n) is 7.01. The number of likely N-dealkylation sites (tertiary alicyclic amines) is 1. The van der Waals surface area contributed by atoms with Gasteiger partial charge in [0.05, 0.1) is 7.11 Å². The van der Waals surface area contributed by atoms with Gasteiger partial charge in [0, 0.05) is 18.2 Å². The number of nitrogens with zero attached hydrogens (tertiary/aromatic N) is 1. The highest BCUT2D eigenvalue weighted by atomic mass is 19.1. The molecule has 0 radical (unpaired) electrons. The predicted octanol–water partition coefficient (Wildman–Crippen LogP) is 6.46. The van der Waals surface area contributed by atoms with Crippen LogP contribution in [0.15, 0.2) is 36.4 Å². The van der Waals surface area contributed by atoms with Crippen LogP contribution in [-0.2, 0) is 13.0 Å². The summed E-state index contributed by atoms with van der Waals surface area (Å²) < 4.78 is 19.8. The number of piperidine rings is 1. The fraction of sp³-hybridized carbons (Fsp3) is 0.500. The van der Waals surface area contributed by atoms with Crippen molar-refractivity contribution >= 4 is 0 Å². The third kappa shape index (κ3) is 5.32. The summed E-state index contributed by atoms with van der Waals surface area (Å²) in [5.41, 5.74) is 4.11. The normalized spacial score (nSPS) is 17.2. The number of rotatable bonds is 5. The maximum absolute atomic E-state index is 14.5. The van der Waals surface area contributed by atoms with Crippen LogP contribution in [-0.4, -0.2) is 24.6 Å². The summed E-state index contributed by atoms with van der Waals surface area (Å²) in [6.45, 7) is 10.5. The fourth-order valence-electron chi connectivity index (χ4n) is 3.71. The van der Waals surface area contributed by atoms with Crippen LogP contribution in [0.2, 0.25) is 0 Å². The van der Waals surface area contributed by atoms with E-state index < -0.39 is 0 Å². The fourth-order valence-corrected chi connectivity index (χ4v) is 3.71. The molecule has 1 saturated heterocycles. The maximum atomic E-state index is 14.5. The van der Waals surface area contributed by atoms with Crippen molar-refractivity contribution in [1.82, 2.24) is 4.90 Å². The van der Waals surface area contributed by atoms with Gasteiger partial charge < -0.3 is 4.74 Å². The van der Waals surface area contributed by atoms with Crippen LogP contribution in [0.1, 0.15) is 58.1 Å². The van der Waals surface area contributed by atoms with E-state index >= 15 is 0 Å². The van der Waals surface area contributed by atoms with E-state index in [-0.39, 0.29) is 5.82 Å². The average molecular weight is 372 g/mol. The number of aryl methyl sites for hydroxylation is 1. The molecule has 2 aromatic carbocycles.